The fourth-order valence-electron chi connectivity index (χ4n) is 3.04. The Morgan fingerprint density at radius 2 is 1.83 bits per heavy atom. The van der Waals surface area contributed by atoms with Crippen LogP contribution in [0, 0.1) is 0 Å². The van der Waals surface area contributed by atoms with Gasteiger partial charge in [-0.1, -0.05) is 23.2 Å². The third-order valence-electron chi connectivity index (χ3n) is 4.17. The quantitative estimate of drug-likeness (QED) is 0.741. The Bertz CT molecular complexity index is 852. The molecule has 2 aromatic heterocycles. The average Bonchev–Trinajstić information content (AvgIpc) is 3.00. The van der Waals surface area contributed by atoms with Crippen molar-refractivity contribution >= 4 is 45.7 Å². The first-order valence-electron chi connectivity index (χ1n) is 7.83. The number of aromatic nitrogens is 4. The van der Waals surface area contributed by atoms with Gasteiger partial charge >= 0.3 is 0 Å². The summed E-state index contributed by atoms with van der Waals surface area (Å²) < 4.78 is 2.01. The zero-order valence-corrected chi connectivity index (χ0v) is 14.3. The lowest BCUT2D eigenvalue weighted by Gasteiger charge is -2.23. The van der Waals surface area contributed by atoms with Crippen LogP contribution in [0.3, 0.4) is 0 Å². The minimum absolute atomic E-state index is 0.368. The lowest BCUT2D eigenvalue weighted by molar-refractivity contribution is 0.349. The van der Waals surface area contributed by atoms with E-state index in [1.807, 2.05) is 10.9 Å². The van der Waals surface area contributed by atoms with E-state index >= 15 is 0 Å². The second-order valence-electron chi connectivity index (χ2n) is 5.81. The predicted octanol–water partition coefficient (Wildman–Crippen LogP) is 3.80. The monoisotopic (exact) mass is 362 g/mol. The zero-order chi connectivity index (χ0) is 16.5. The molecule has 1 aliphatic heterocycles. The van der Waals surface area contributed by atoms with Gasteiger partial charge in [-0.05, 0) is 44.1 Å². The van der Waals surface area contributed by atoms with E-state index in [4.69, 9.17) is 23.2 Å². The molecule has 0 bridgehead atoms. The number of hydrogen-bond acceptors (Lipinski definition) is 5. The van der Waals surface area contributed by atoms with Gasteiger partial charge in [-0.25, -0.2) is 14.6 Å². The standard InChI is InChI=1S/C16H16Cl2N6/c17-10-5-11(18)7-12(6-10)23-15-14-8-22-24(16(14)21-9-20-15)13-1-3-19-4-2-13/h5-9,13,19H,1-4H2,(H,20,21,23). The molecule has 24 heavy (non-hydrogen) atoms. The molecular weight excluding hydrogens is 347 g/mol. The maximum Gasteiger partial charge on any atom is 0.163 e. The van der Waals surface area contributed by atoms with Crippen LogP contribution in [0.25, 0.3) is 11.0 Å². The van der Waals surface area contributed by atoms with Gasteiger partial charge in [0.1, 0.15) is 12.1 Å². The fraction of sp³-hybridized carbons (Fsp3) is 0.312. The van der Waals surface area contributed by atoms with E-state index in [9.17, 15) is 0 Å². The van der Waals surface area contributed by atoms with Gasteiger partial charge in [-0.3, -0.25) is 0 Å². The highest BCUT2D eigenvalue weighted by molar-refractivity contribution is 6.35. The zero-order valence-electron chi connectivity index (χ0n) is 12.8. The predicted molar refractivity (Wildman–Crippen MR) is 96.2 cm³/mol. The Morgan fingerprint density at radius 3 is 2.58 bits per heavy atom. The van der Waals surface area contributed by atoms with Crippen LogP contribution in [0.4, 0.5) is 11.5 Å². The van der Waals surface area contributed by atoms with Crippen molar-refractivity contribution < 1.29 is 0 Å². The molecule has 0 radical (unpaired) electrons. The number of piperidine rings is 1. The van der Waals surface area contributed by atoms with E-state index in [-0.39, 0.29) is 0 Å². The number of nitrogens with zero attached hydrogens (tertiary/aromatic N) is 4. The lowest BCUT2D eigenvalue weighted by atomic mass is 10.1. The highest BCUT2D eigenvalue weighted by Crippen LogP contribution is 2.29. The van der Waals surface area contributed by atoms with Crippen molar-refractivity contribution in [3.8, 4) is 0 Å². The van der Waals surface area contributed by atoms with Crippen molar-refractivity contribution in [1.82, 2.24) is 25.1 Å². The SMILES string of the molecule is Clc1cc(Cl)cc(Nc2ncnc3c2cnn3C2CCNCC2)c1. The summed E-state index contributed by atoms with van der Waals surface area (Å²) in [5.74, 6) is 0.693. The number of hydrogen-bond donors (Lipinski definition) is 2. The molecule has 0 saturated carbocycles. The summed E-state index contributed by atoms with van der Waals surface area (Å²) in [5, 5.41) is 13.2. The van der Waals surface area contributed by atoms with Crippen molar-refractivity contribution in [2.75, 3.05) is 18.4 Å². The Hall–Kier alpha value is -1.89. The second kappa shape index (κ2) is 6.55. The molecule has 0 spiro atoms. The molecule has 3 heterocycles. The van der Waals surface area contributed by atoms with Crippen LogP contribution in [-0.2, 0) is 0 Å². The topological polar surface area (TPSA) is 67.7 Å². The lowest BCUT2D eigenvalue weighted by Crippen LogP contribution is -2.29. The summed E-state index contributed by atoms with van der Waals surface area (Å²) in [6.07, 6.45) is 5.46. The van der Waals surface area contributed by atoms with E-state index < -0.39 is 0 Å². The molecule has 1 aliphatic rings. The maximum absolute atomic E-state index is 6.06. The van der Waals surface area contributed by atoms with E-state index in [1.54, 1.807) is 24.5 Å². The highest BCUT2D eigenvalue weighted by atomic mass is 35.5. The molecule has 124 valence electrons. The first-order chi connectivity index (χ1) is 11.7. The largest absolute Gasteiger partial charge is 0.339 e. The van der Waals surface area contributed by atoms with E-state index in [2.05, 4.69) is 25.7 Å². The summed E-state index contributed by atoms with van der Waals surface area (Å²) >= 11 is 12.1. The number of benzene rings is 1. The normalized spacial score (nSPS) is 15.8. The van der Waals surface area contributed by atoms with Gasteiger partial charge in [0.15, 0.2) is 5.65 Å². The van der Waals surface area contributed by atoms with E-state index in [0.717, 1.165) is 42.7 Å². The van der Waals surface area contributed by atoms with E-state index in [1.165, 1.54) is 0 Å². The van der Waals surface area contributed by atoms with Crippen LogP contribution in [-0.4, -0.2) is 32.8 Å². The fourth-order valence-corrected chi connectivity index (χ4v) is 3.57. The van der Waals surface area contributed by atoms with Gasteiger partial charge < -0.3 is 10.6 Å². The molecule has 0 unspecified atom stereocenters. The Morgan fingerprint density at radius 1 is 1.08 bits per heavy atom. The van der Waals surface area contributed by atoms with Crippen molar-refractivity contribution in [2.24, 2.45) is 0 Å². The molecule has 0 amide bonds. The number of fused-ring (bicyclic) bond motifs is 1. The first kappa shape index (κ1) is 15.6. The number of halogens is 2. The first-order valence-corrected chi connectivity index (χ1v) is 8.58. The Labute approximate surface area is 149 Å². The van der Waals surface area contributed by atoms with Gasteiger partial charge in [0.25, 0.3) is 0 Å². The van der Waals surface area contributed by atoms with Gasteiger partial charge in [0, 0.05) is 15.7 Å². The molecule has 0 atom stereocenters. The number of rotatable bonds is 3. The van der Waals surface area contributed by atoms with Gasteiger partial charge in [-0.2, -0.15) is 5.10 Å². The molecule has 4 rings (SSSR count). The average molecular weight is 363 g/mol. The van der Waals surface area contributed by atoms with Crippen molar-refractivity contribution in [2.45, 2.75) is 18.9 Å². The summed E-state index contributed by atoms with van der Waals surface area (Å²) in [5.41, 5.74) is 1.62. The molecule has 8 heteroatoms. The molecule has 0 aliphatic carbocycles. The third kappa shape index (κ3) is 3.05. The van der Waals surface area contributed by atoms with Crippen molar-refractivity contribution in [1.29, 1.82) is 0 Å². The molecule has 6 nitrogen and oxygen atoms in total. The van der Waals surface area contributed by atoms with Crippen LogP contribution >= 0.6 is 23.2 Å². The molecule has 1 aromatic carbocycles. The minimum Gasteiger partial charge on any atom is -0.339 e. The van der Waals surface area contributed by atoms with Crippen LogP contribution in [0.15, 0.2) is 30.7 Å². The van der Waals surface area contributed by atoms with E-state index in [0.29, 0.717) is 21.9 Å². The van der Waals surface area contributed by atoms with Crippen molar-refractivity contribution in [3.05, 3.63) is 40.8 Å². The molecule has 1 saturated heterocycles. The van der Waals surface area contributed by atoms with Crippen molar-refractivity contribution in [3.63, 3.8) is 0 Å². The van der Waals surface area contributed by atoms with Gasteiger partial charge in [0.2, 0.25) is 0 Å². The number of nitrogens with one attached hydrogen (secondary N) is 2. The van der Waals surface area contributed by atoms with Gasteiger partial charge in [-0.15, -0.1) is 0 Å². The molecule has 2 N–H and O–H groups in total. The maximum atomic E-state index is 6.06. The van der Waals surface area contributed by atoms with Gasteiger partial charge in [0.05, 0.1) is 17.6 Å². The van der Waals surface area contributed by atoms with Crippen LogP contribution in [0.1, 0.15) is 18.9 Å². The summed E-state index contributed by atoms with van der Waals surface area (Å²) in [6.45, 7) is 2.01. The highest BCUT2D eigenvalue weighted by Gasteiger charge is 2.19. The molecule has 1 fully saturated rings. The van der Waals surface area contributed by atoms with Crippen LogP contribution < -0.4 is 10.6 Å². The Kier molecular flexibility index (Phi) is 4.26. The summed E-state index contributed by atoms with van der Waals surface area (Å²) in [4.78, 5) is 8.78. The third-order valence-corrected chi connectivity index (χ3v) is 4.61. The molecule has 3 aromatic rings. The summed E-state index contributed by atoms with van der Waals surface area (Å²) in [6, 6.07) is 5.67. The van der Waals surface area contributed by atoms with Crippen LogP contribution in [0.5, 0.6) is 0 Å². The summed E-state index contributed by atoms with van der Waals surface area (Å²) in [7, 11) is 0. The Balaban J connectivity index is 1.70. The smallest absolute Gasteiger partial charge is 0.163 e. The minimum atomic E-state index is 0.368. The number of anilines is 2. The second-order valence-corrected chi connectivity index (χ2v) is 6.69. The van der Waals surface area contributed by atoms with Crippen LogP contribution in [0.2, 0.25) is 10.0 Å². The molecular formula is C16H16Cl2N6.